The van der Waals surface area contributed by atoms with Crippen molar-refractivity contribution in [2.24, 2.45) is 17.6 Å². The topological polar surface area (TPSA) is 47.3 Å². The molecule has 0 heterocycles. The Morgan fingerprint density at radius 1 is 1.32 bits per heavy atom. The summed E-state index contributed by atoms with van der Waals surface area (Å²) in [5, 5.41) is 3.69. The summed E-state index contributed by atoms with van der Waals surface area (Å²) in [7, 11) is 1.71. The minimum Gasteiger partial charge on any atom is -0.495 e. The molecule has 1 saturated carbocycles. The molecule has 106 valence electrons. The highest BCUT2D eigenvalue weighted by atomic mass is 16.5. The van der Waals surface area contributed by atoms with Gasteiger partial charge in [0.15, 0.2) is 0 Å². The minimum absolute atomic E-state index is 0.00764. The van der Waals surface area contributed by atoms with Crippen molar-refractivity contribution in [3.05, 3.63) is 24.3 Å². The summed E-state index contributed by atoms with van der Waals surface area (Å²) in [6.07, 6.45) is 3.67. The second kappa shape index (κ2) is 5.83. The third-order valence-electron chi connectivity index (χ3n) is 4.60. The number of hydrogen-bond donors (Lipinski definition) is 2. The van der Waals surface area contributed by atoms with Gasteiger partial charge >= 0.3 is 0 Å². The van der Waals surface area contributed by atoms with Crippen LogP contribution in [0.25, 0.3) is 0 Å². The van der Waals surface area contributed by atoms with Gasteiger partial charge in [-0.05, 0) is 36.8 Å². The lowest BCUT2D eigenvalue weighted by atomic mass is 9.69. The second-order valence-electron chi connectivity index (χ2n) is 5.97. The average Bonchev–Trinajstić information content (AvgIpc) is 2.43. The molecule has 0 radical (unpaired) electrons. The fourth-order valence-corrected chi connectivity index (χ4v) is 3.26. The number of methoxy groups -OCH3 is 1. The first-order valence-electron chi connectivity index (χ1n) is 7.22. The fourth-order valence-electron chi connectivity index (χ4n) is 3.26. The van der Waals surface area contributed by atoms with Crippen molar-refractivity contribution in [1.29, 1.82) is 0 Å². The third-order valence-corrected chi connectivity index (χ3v) is 4.60. The van der Waals surface area contributed by atoms with E-state index in [1.165, 1.54) is 12.8 Å². The Morgan fingerprint density at radius 2 is 2.05 bits per heavy atom. The third kappa shape index (κ3) is 2.86. The zero-order valence-electron chi connectivity index (χ0n) is 12.3. The average molecular weight is 262 g/mol. The molecule has 0 spiro atoms. The molecule has 2 rings (SSSR count). The maximum absolute atomic E-state index is 6.13. The lowest BCUT2D eigenvalue weighted by Gasteiger charge is -2.46. The first-order valence-corrected chi connectivity index (χ1v) is 7.22. The van der Waals surface area contributed by atoms with Gasteiger partial charge in [-0.3, -0.25) is 0 Å². The van der Waals surface area contributed by atoms with E-state index in [2.05, 4.69) is 25.2 Å². The van der Waals surface area contributed by atoms with Gasteiger partial charge in [0.1, 0.15) is 5.75 Å². The lowest BCUT2D eigenvalue weighted by Crippen LogP contribution is -2.54. The molecule has 1 aliphatic carbocycles. The Morgan fingerprint density at radius 3 is 2.74 bits per heavy atom. The van der Waals surface area contributed by atoms with Crippen LogP contribution in [0.2, 0.25) is 0 Å². The van der Waals surface area contributed by atoms with Crippen molar-refractivity contribution in [3.8, 4) is 5.75 Å². The summed E-state index contributed by atoms with van der Waals surface area (Å²) in [5.41, 5.74) is 7.17. The van der Waals surface area contributed by atoms with Gasteiger partial charge in [0.2, 0.25) is 0 Å². The van der Waals surface area contributed by atoms with Crippen LogP contribution in [0.3, 0.4) is 0 Å². The van der Waals surface area contributed by atoms with Crippen molar-refractivity contribution in [1.82, 2.24) is 0 Å². The van der Waals surface area contributed by atoms with Crippen LogP contribution in [0, 0.1) is 11.8 Å². The molecular formula is C16H26N2O. The molecule has 19 heavy (non-hydrogen) atoms. The molecule has 3 unspecified atom stereocenters. The van der Waals surface area contributed by atoms with Crippen molar-refractivity contribution >= 4 is 5.69 Å². The second-order valence-corrected chi connectivity index (χ2v) is 5.97. The van der Waals surface area contributed by atoms with Crippen LogP contribution >= 0.6 is 0 Å². The van der Waals surface area contributed by atoms with Crippen LogP contribution < -0.4 is 15.8 Å². The summed E-state index contributed by atoms with van der Waals surface area (Å²) >= 11 is 0. The number of ether oxygens (including phenoxy) is 1. The molecule has 0 aliphatic heterocycles. The van der Waals surface area contributed by atoms with E-state index in [0.29, 0.717) is 12.5 Å². The highest BCUT2D eigenvalue weighted by molar-refractivity contribution is 5.58. The van der Waals surface area contributed by atoms with E-state index in [4.69, 9.17) is 10.5 Å². The van der Waals surface area contributed by atoms with Gasteiger partial charge in [0.05, 0.1) is 18.3 Å². The molecule has 0 saturated heterocycles. The Bertz CT molecular complexity index is 421. The van der Waals surface area contributed by atoms with Crippen LogP contribution in [0.4, 0.5) is 5.69 Å². The molecular weight excluding hydrogens is 236 g/mol. The number of para-hydroxylation sites is 2. The van der Waals surface area contributed by atoms with E-state index in [1.807, 2.05) is 18.2 Å². The summed E-state index contributed by atoms with van der Waals surface area (Å²) in [5.74, 6) is 2.20. The number of anilines is 1. The van der Waals surface area contributed by atoms with Crippen LogP contribution in [0.1, 0.15) is 33.1 Å². The highest BCUT2D eigenvalue weighted by Gasteiger charge is 2.39. The highest BCUT2D eigenvalue weighted by Crippen LogP contribution is 2.40. The molecule has 1 aromatic carbocycles. The molecule has 3 atom stereocenters. The van der Waals surface area contributed by atoms with Crippen LogP contribution in [-0.2, 0) is 0 Å². The molecule has 3 N–H and O–H groups in total. The van der Waals surface area contributed by atoms with Gasteiger partial charge in [-0.25, -0.2) is 0 Å². The fraction of sp³-hybridized carbons (Fsp3) is 0.625. The van der Waals surface area contributed by atoms with E-state index in [0.717, 1.165) is 23.8 Å². The number of benzene rings is 1. The van der Waals surface area contributed by atoms with Gasteiger partial charge in [-0.1, -0.05) is 32.4 Å². The normalized spacial score (nSPS) is 30.9. The largest absolute Gasteiger partial charge is 0.495 e. The smallest absolute Gasteiger partial charge is 0.141 e. The standard InChI is InChI=1S/C16H26N2O/c1-12-8-9-13(2)16(10-12,11-17)18-14-6-4-5-7-15(14)19-3/h4-7,12-13,18H,8-11,17H2,1-3H3. The van der Waals surface area contributed by atoms with Gasteiger partial charge in [0.25, 0.3) is 0 Å². The van der Waals surface area contributed by atoms with Crippen LogP contribution in [-0.4, -0.2) is 19.2 Å². The molecule has 1 aromatic rings. The van der Waals surface area contributed by atoms with E-state index >= 15 is 0 Å². The number of nitrogens with two attached hydrogens (primary N) is 1. The molecule has 1 aliphatic rings. The van der Waals surface area contributed by atoms with Crippen molar-refractivity contribution in [2.75, 3.05) is 19.0 Å². The van der Waals surface area contributed by atoms with E-state index in [9.17, 15) is 0 Å². The Balaban J connectivity index is 2.26. The zero-order chi connectivity index (χ0) is 13.9. The zero-order valence-corrected chi connectivity index (χ0v) is 12.3. The molecule has 3 nitrogen and oxygen atoms in total. The minimum atomic E-state index is -0.00764. The molecule has 0 aromatic heterocycles. The maximum Gasteiger partial charge on any atom is 0.141 e. The van der Waals surface area contributed by atoms with E-state index in [1.54, 1.807) is 7.11 Å². The van der Waals surface area contributed by atoms with Crippen molar-refractivity contribution < 1.29 is 4.74 Å². The Labute approximate surface area is 116 Å². The van der Waals surface area contributed by atoms with Crippen molar-refractivity contribution in [3.63, 3.8) is 0 Å². The maximum atomic E-state index is 6.13. The summed E-state index contributed by atoms with van der Waals surface area (Å²) in [4.78, 5) is 0. The summed E-state index contributed by atoms with van der Waals surface area (Å²) in [6.45, 7) is 5.29. The van der Waals surface area contributed by atoms with E-state index < -0.39 is 0 Å². The predicted molar refractivity (Wildman–Crippen MR) is 80.6 cm³/mol. The predicted octanol–water partition coefficient (Wildman–Crippen LogP) is 3.26. The molecule has 0 bridgehead atoms. The van der Waals surface area contributed by atoms with Crippen molar-refractivity contribution in [2.45, 2.75) is 38.6 Å². The van der Waals surface area contributed by atoms with E-state index in [-0.39, 0.29) is 5.54 Å². The monoisotopic (exact) mass is 262 g/mol. The number of nitrogens with one attached hydrogen (secondary N) is 1. The molecule has 1 fully saturated rings. The number of hydrogen-bond acceptors (Lipinski definition) is 3. The van der Waals surface area contributed by atoms with Gasteiger partial charge in [-0.2, -0.15) is 0 Å². The van der Waals surface area contributed by atoms with Crippen LogP contribution in [0.15, 0.2) is 24.3 Å². The number of rotatable bonds is 4. The molecule has 3 heteroatoms. The first-order chi connectivity index (χ1) is 9.11. The van der Waals surface area contributed by atoms with Gasteiger partial charge in [-0.15, -0.1) is 0 Å². The molecule has 0 amide bonds. The van der Waals surface area contributed by atoms with Gasteiger partial charge in [0, 0.05) is 6.54 Å². The summed E-state index contributed by atoms with van der Waals surface area (Å²) in [6, 6.07) is 8.09. The van der Waals surface area contributed by atoms with Gasteiger partial charge < -0.3 is 15.8 Å². The quantitative estimate of drug-likeness (QED) is 0.875. The van der Waals surface area contributed by atoms with Crippen LogP contribution in [0.5, 0.6) is 5.75 Å². The lowest BCUT2D eigenvalue weighted by molar-refractivity contribution is 0.187. The summed E-state index contributed by atoms with van der Waals surface area (Å²) < 4.78 is 5.44. The Hall–Kier alpha value is -1.22. The SMILES string of the molecule is COc1ccccc1NC1(CN)CC(C)CCC1C. The first kappa shape index (κ1) is 14.2. The Kier molecular flexibility index (Phi) is 4.35.